The summed E-state index contributed by atoms with van der Waals surface area (Å²) in [5, 5.41) is 12.0. The van der Waals surface area contributed by atoms with Crippen molar-refractivity contribution in [3.63, 3.8) is 0 Å². The average Bonchev–Trinajstić information content (AvgIpc) is 2.92. The number of hydrogen-bond donors (Lipinski definition) is 4. The van der Waals surface area contributed by atoms with Gasteiger partial charge in [-0.25, -0.2) is 4.79 Å². The summed E-state index contributed by atoms with van der Waals surface area (Å²) in [4.78, 5) is 29.5. The summed E-state index contributed by atoms with van der Waals surface area (Å²) >= 11 is 0. The second kappa shape index (κ2) is 7.93. The molecular weight excluding hydrogens is 341 g/mol. The summed E-state index contributed by atoms with van der Waals surface area (Å²) in [7, 11) is -2.19. The Morgan fingerprint density at radius 1 is 1.08 bits per heavy atom. The lowest BCUT2D eigenvalue weighted by atomic mass is 9.98. The summed E-state index contributed by atoms with van der Waals surface area (Å²) < 4.78 is 5.31. The molecule has 0 radical (unpaired) electrons. The molecule has 1 atom stereocenters. The standard InChI is InChI=1S/C18H20NO5P/c20-12(11-25(22)23)9-19-18(21)24-10-17-15-7-3-1-5-13(15)14-6-2-4-8-16(14)17/h1-8,12,17,20,22-23H,9-11H2,(H,19,21). The van der Waals surface area contributed by atoms with E-state index in [-0.39, 0.29) is 25.2 Å². The third kappa shape index (κ3) is 4.17. The molecule has 4 N–H and O–H groups in total. The number of hydrogen-bond acceptors (Lipinski definition) is 5. The molecular formula is C18H20NO5P. The Bertz CT molecular complexity index is 706. The van der Waals surface area contributed by atoms with Gasteiger partial charge in [0.25, 0.3) is 0 Å². The van der Waals surface area contributed by atoms with E-state index in [1.807, 2.05) is 36.4 Å². The third-order valence-electron chi connectivity index (χ3n) is 4.20. The number of amides is 1. The van der Waals surface area contributed by atoms with Gasteiger partial charge in [0, 0.05) is 18.6 Å². The molecule has 6 nitrogen and oxygen atoms in total. The number of nitrogens with one attached hydrogen (secondary N) is 1. The van der Waals surface area contributed by atoms with E-state index in [1.165, 1.54) is 0 Å². The van der Waals surface area contributed by atoms with Gasteiger partial charge in [-0.1, -0.05) is 48.5 Å². The van der Waals surface area contributed by atoms with Crippen molar-refractivity contribution in [2.45, 2.75) is 12.0 Å². The number of aliphatic hydroxyl groups is 1. The maximum absolute atomic E-state index is 11.8. The lowest BCUT2D eigenvalue weighted by Gasteiger charge is -2.16. The number of benzene rings is 2. The van der Waals surface area contributed by atoms with Crippen molar-refractivity contribution < 1.29 is 24.4 Å². The molecule has 0 heterocycles. The van der Waals surface area contributed by atoms with Crippen LogP contribution in [0.1, 0.15) is 17.0 Å². The van der Waals surface area contributed by atoms with Crippen molar-refractivity contribution in [1.82, 2.24) is 5.32 Å². The van der Waals surface area contributed by atoms with E-state index < -0.39 is 20.6 Å². The summed E-state index contributed by atoms with van der Waals surface area (Å²) in [5.41, 5.74) is 4.56. The van der Waals surface area contributed by atoms with Gasteiger partial charge in [-0.15, -0.1) is 0 Å². The molecule has 3 rings (SSSR count). The van der Waals surface area contributed by atoms with Crippen LogP contribution in [0.15, 0.2) is 48.5 Å². The fourth-order valence-corrected chi connectivity index (χ4v) is 3.61. The van der Waals surface area contributed by atoms with Gasteiger partial charge >= 0.3 is 6.09 Å². The van der Waals surface area contributed by atoms with Crippen LogP contribution in [0.25, 0.3) is 11.1 Å². The van der Waals surface area contributed by atoms with Crippen LogP contribution in [0.3, 0.4) is 0 Å². The molecule has 7 heteroatoms. The van der Waals surface area contributed by atoms with Crippen LogP contribution in [0.4, 0.5) is 4.79 Å². The molecule has 0 aliphatic heterocycles. The van der Waals surface area contributed by atoms with Crippen molar-refractivity contribution in [2.24, 2.45) is 0 Å². The second-order valence-electron chi connectivity index (χ2n) is 5.92. The molecule has 0 aromatic heterocycles. The van der Waals surface area contributed by atoms with Crippen molar-refractivity contribution in [1.29, 1.82) is 0 Å². The van der Waals surface area contributed by atoms with E-state index in [0.717, 1.165) is 22.3 Å². The van der Waals surface area contributed by atoms with Crippen LogP contribution in [0.2, 0.25) is 0 Å². The Kier molecular flexibility index (Phi) is 5.66. The lowest BCUT2D eigenvalue weighted by Crippen LogP contribution is -2.34. The quantitative estimate of drug-likeness (QED) is 0.591. The zero-order valence-electron chi connectivity index (χ0n) is 13.5. The maximum atomic E-state index is 11.8. The molecule has 0 saturated carbocycles. The monoisotopic (exact) mass is 361 g/mol. The number of alkyl carbamates (subject to hydrolysis) is 1. The van der Waals surface area contributed by atoms with Crippen LogP contribution in [-0.2, 0) is 4.74 Å². The van der Waals surface area contributed by atoms with E-state index in [1.54, 1.807) is 0 Å². The molecule has 0 bridgehead atoms. The van der Waals surface area contributed by atoms with Crippen LogP contribution in [-0.4, -0.2) is 46.4 Å². The minimum atomic E-state index is -2.19. The van der Waals surface area contributed by atoms with Crippen molar-refractivity contribution >= 4 is 14.5 Å². The van der Waals surface area contributed by atoms with Gasteiger partial charge in [0.2, 0.25) is 0 Å². The summed E-state index contributed by atoms with van der Waals surface area (Å²) in [5.74, 6) is -0.0224. The molecule has 0 fully saturated rings. The molecule has 0 saturated heterocycles. The van der Waals surface area contributed by atoms with E-state index in [0.29, 0.717) is 0 Å². The highest BCUT2D eigenvalue weighted by Gasteiger charge is 2.29. The number of aliphatic hydroxyl groups excluding tert-OH is 1. The van der Waals surface area contributed by atoms with Crippen LogP contribution >= 0.6 is 8.38 Å². The molecule has 1 amide bonds. The van der Waals surface area contributed by atoms with E-state index in [4.69, 9.17) is 14.5 Å². The number of carbonyl (C=O) groups is 1. The zero-order valence-corrected chi connectivity index (χ0v) is 14.4. The van der Waals surface area contributed by atoms with Crippen LogP contribution in [0, 0.1) is 0 Å². The Balaban J connectivity index is 1.61. The van der Waals surface area contributed by atoms with Gasteiger partial charge < -0.3 is 24.9 Å². The Hall–Kier alpha value is -1.98. The summed E-state index contributed by atoms with van der Waals surface area (Å²) in [6.45, 7) is 0.110. The van der Waals surface area contributed by atoms with Gasteiger partial charge in [-0.3, -0.25) is 0 Å². The smallest absolute Gasteiger partial charge is 0.407 e. The first-order valence-electron chi connectivity index (χ1n) is 7.98. The topological polar surface area (TPSA) is 99.0 Å². The molecule has 132 valence electrons. The lowest BCUT2D eigenvalue weighted by molar-refractivity contribution is 0.132. The largest absolute Gasteiger partial charge is 0.449 e. The molecule has 1 unspecified atom stereocenters. The van der Waals surface area contributed by atoms with Crippen molar-refractivity contribution in [3.8, 4) is 11.1 Å². The van der Waals surface area contributed by atoms with Gasteiger partial charge in [-0.2, -0.15) is 0 Å². The first-order chi connectivity index (χ1) is 12.1. The predicted molar refractivity (Wildman–Crippen MR) is 95.3 cm³/mol. The predicted octanol–water partition coefficient (Wildman–Crippen LogP) is 2.18. The fraction of sp³-hybridized carbons (Fsp3) is 0.278. The highest BCUT2D eigenvalue weighted by atomic mass is 31.2. The summed E-state index contributed by atoms with van der Waals surface area (Å²) in [6, 6.07) is 16.1. The minimum Gasteiger partial charge on any atom is -0.449 e. The van der Waals surface area contributed by atoms with Gasteiger partial charge in [0.1, 0.15) is 6.61 Å². The Morgan fingerprint density at radius 3 is 2.20 bits per heavy atom. The Labute approximate surface area is 147 Å². The molecule has 2 aromatic carbocycles. The number of carbonyl (C=O) groups excluding carboxylic acids is 1. The zero-order chi connectivity index (χ0) is 17.8. The average molecular weight is 361 g/mol. The van der Waals surface area contributed by atoms with Crippen LogP contribution < -0.4 is 5.32 Å². The van der Waals surface area contributed by atoms with Crippen molar-refractivity contribution in [3.05, 3.63) is 59.7 Å². The molecule has 1 aliphatic carbocycles. The van der Waals surface area contributed by atoms with E-state index >= 15 is 0 Å². The normalized spacial score (nSPS) is 14.1. The fourth-order valence-electron chi connectivity index (χ4n) is 3.10. The first-order valence-corrected chi connectivity index (χ1v) is 9.41. The molecule has 2 aromatic rings. The van der Waals surface area contributed by atoms with Gasteiger partial charge in [0.05, 0.1) is 6.10 Å². The molecule has 25 heavy (non-hydrogen) atoms. The second-order valence-corrected chi connectivity index (χ2v) is 7.02. The van der Waals surface area contributed by atoms with Gasteiger partial charge in [-0.05, 0) is 22.3 Å². The highest BCUT2D eigenvalue weighted by Crippen LogP contribution is 2.44. The first kappa shape index (κ1) is 17.8. The number of ether oxygens (including phenoxy) is 1. The van der Waals surface area contributed by atoms with Crippen molar-refractivity contribution in [2.75, 3.05) is 19.3 Å². The third-order valence-corrected chi connectivity index (χ3v) is 4.95. The van der Waals surface area contributed by atoms with E-state index in [9.17, 15) is 9.90 Å². The maximum Gasteiger partial charge on any atom is 0.407 e. The Morgan fingerprint density at radius 2 is 1.64 bits per heavy atom. The van der Waals surface area contributed by atoms with Crippen LogP contribution in [0.5, 0.6) is 0 Å². The van der Waals surface area contributed by atoms with Gasteiger partial charge in [0.15, 0.2) is 8.38 Å². The number of fused-ring (bicyclic) bond motifs is 3. The number of rotatable bonds is 6. The molecule has 0 spiro atoms. The van der Waals surface area contributed by atoms with E-state index in [2.05, 4.69) is 17.4 Å². The summed E-state index contributed by atoms with van der Waals surface area (Å²) in [6.07, 6.45) is -1.82. The minimum absolute atomic E-state index is 0.0224. The molecule has 1 aliphatic rings. The SMILES string of the molecule is O=C(NCC(O)CP(O)O)OCC1c2ccccc2-c2ccccc21. The highest BCUT2D eigenvalue weighted by molar-refractivity contribution is 7.45.